The Balaban J connectivity index is 1.47. The summed E-state index contributed by atoms with van der Waals surface area (Å²) in [5.74, 6) is -0.252. The molecule has 2 aromatic heterocycles. The van der Waals surface area contributed by atoms with Crippen molar-refractivity contribution in [3.8, 4) is 0 Å². The molecule has 1 fully saturated rings. The summed E-state index contributed by atoms with van der Waals surface area (Å²) < 4.78 is 12.4. The van der Waals surface area contributed by atoms with E-state index in [1.165, 1.54) is 15.7 Å². The third-order valence-corrected chi connectivity index (χ3v) is 5.77. The summed E-state index contributed by atoms with van der Waals surface area (Å²) in [6, 6.07) is 12.8. The highest BCUT2D eigenvalue weighted by atomic mass is 35.5. The van der Waals surface area contributed by atoms with Crippen LogP contribution in [0.4, 0.5) is 9.59 Å². The summed E-state index contributed by atoms with van der Waals surface area (Å²) in [5, 5.41) is 0.842. The van der Waals surface area contributed by atoms with Gasteiger partial charge >= 0.3 is 12.2 Å². The summed E-state index contributed by atoms with van der Waals surface area (Å²) in [6.45, 7) is 6.13. The zero-order valence-corrected chi connectivity index (χ0v) is 20.6. The number of nitrogens with zero attached hydrogens (tertiary/aromatic N) is 4. The van der Waals surface area contributed by atoms with Crippen molar-refractivity contribution in [1.82, 2.24) is 19.4 Å². The number of piperazine rings is 1. The summed E-state index contributed by atoms with van der Waals surface area (Å²) in [5.41, 5.74) is 1.25. The van der Waals surface area contributed by atoms with Crippen molar-refractivity contribution in [2.45, 2.75) is 39.5 Å². The first kappa shape index (κ1) is 24.5. The van der Waals surface area contributed by atoms with E-state index in [0.29, 0.717) is 29.7 Å². The lowest BCUT2D eigenvalue weighted by Gasteiger charge is -2.33. The quantitative estimate of drug-likeness (QED) is 0.493. The molecular formula is C25H27ClN4O5. The minimum absolute atomic E-state index is 0.109. The first-order chi connectivity index (χ1) is 16.6. The lowest BCUT2D eigenvalue weighted by Crippen LogP contribution is -2.52. The molecule has 4 rings (SSSR count). The van der Waals surface area contributed by atoms with Gasteiger partial charge in [-0.15, -0.1) is 0 Å². The average molecular weight is 499 g/mol. The van der Waals surface area contributed by atoms with E-state index in [4.69, 9.17) is 21.1 Å². The maximum atomic E-state index is 13.0. The van der Waals surface area contributed by atoms with E-state index in [2.05, 4.69) is 4.98 Å². The van der Waals surface area contributed by atoms with Crippen LogP contribution < -0.4 is 0 Å². The monoisotopic (exact) mass is 498 g/mol. The highest BCUT2D eigenvalue weighted by Crippen LogP contribution is 2.27. The van der Waals surface area contributed by atoms with Crippen LogP contribution in [0.1, 0.15) is 32.0 Å². The van der Waals surface area contributed by atoms with Gasteiger partial charge in [-0.25, -0.2) is 19.1 Å². The topological polar surface area (TPSA) is 94.0 Å². The largest absolute Gasteiger partial charge is 0.445 e. The Labute approximate surface area is 208 Å². The molecule has 0 spiro atoms. The Bertz CT molecular complexity index is 1250. The van der Waals surface area contributed by atoms with Crippen molar-refractivity contribution in [2.24, 2.45) is 0 Å². The highest BCUT2D eigenvalue weighted by molar-refractivity contribution is 6.34. The number of amides is 2. The molecular weight excluding hydrogens is 472 g/mol. The number of rotatable bonds is 4. The number of benzene rings is 1. The number of hydrogen-bond donors (Lipinski definition) is 0. The molecule has 3 heterocycles. The number of ether oxygens (including phenoxy) is 2. The molecule has 0 unspecified atom stereocenters. The number of pyridine rings is 1. The Morgan fingerprint density at radius 3 is 2.51 bits per heavy atom. The summed E-state index contributed by atoms with van der Waals surface area (Å²) in [4.78, 5) is 45.4. The van der Waals surface area contributed by atoms with Gasteiger partial charge in [0.1, 0.15) is 23.9 Å². The molecule has 3 aromatic rings. The van der Waals surface area contributed by atoms with Gasteiger partial charge in [-0.2, -0.15) is 0 Å². The molecule has 184 valence electrons. The SMILES string of the molecule is CC(C)(C)OC(=O)n1c(CN2CCN(C(=O)OCc3ccccc3)CC2=O)cc2c(Cl)nccc21. The van der Waals surface area contributed by atoms with Gasteiger partial charge in [0.2, 0.25) is 5.91 Å². The number of carbonyl (C=O) groups is 3. The predicted octanol–water partition coefficient (Wildman–Crippen LogP) is 4.45. The van der Waals surface area contributed by atoms with Gasteiger partial charge in [-0.05, 0) is 38.5 Å². The van der Waals surface area contributed by atoms with Crippen molar-refractivity contribution in [3.05, 3.63) is 65.1 Å². The standard InChI is InChI=1S/C25H27ClN4O5/c1-25(2,3)35-24(33)30-18(13-19-20(30)9-10-27-22(19)26)14-28-11-12-29(15-21(28)31)23(32)34-16-17-7-5-4-6-8-17/h4-10,13H,11-12,14-16H2,1-3H3. The summed E-state index contributed by atoms with van der Waals surface area (Å²) in [6.07, 6.45) is 0.406. The van der Waals surface area contributed by atoms with Crippen LogP contribution in [0.2, 0.25) is 5.15 Å². The average Bonchev–Trinajstić information content (AvgIpc) is 3.18. The lowest BCUT2D eigenvalue weighted by atomic mass is 10.2. The zero-order valence-electron chi connectivity index (χ0n) is 19.9. The predicted molar refractivity (Wildman–Crippen MR) is 130 cm³/mol. The maximum absolute atomic E-state index is 13.0. The molecule has 10 heteroatoms. The zero-order chi connectivity index (χ0) is 25.2. The smallest absolute Gasteiger partial charge is 0.419 e. The molecule has 1 aliphatic heterocycles. The van der Waals surface area contributed by atoms with E-state index in [-0.39, 0.29) is 30.8 Å². The molecule has 1 aromatic carbocycles. The van der Waals surface area contributed by atoms with Crippen molar-refractivity contribution < 1.29 is 23.9 Å². The molecule has 2 amide bonds. The number of fused-ring (bicyclic) bond motifs is 1. The van der Waals surface area contributed by atoms with E-state index in [1.807, 2.05) is 30.3 Å². The van der Waals surface area contributed by atoms with Crippen molar-refractivity contribution in [1.29, 1.82) is 0 Å². The number of aromatic nitrogens is 2. The molecule has 35 heavy (non-hydrogen) atoms. The van der Waals surface area contributed by atoms with Gasteiger partial charge in [0.15, 0.2) is 0 Å². The van der Waals surface area contributed by atoms with Crippen LogP contribution >= 0.6 is 11.6 Å². The Morgan fingerprint density at radius 2 is 1.83 bits per heavy atom. The van der Waals surface area contributed by atoms with E-state index < -0.39 is 17.8 Å². The van der Waals surface area contributed by atoms with E-state index >= 15 is 0 Å². The van der Waals surface area contributed by atoms with E-state index in [1.54, 1.807) is 37.8 Å². The first-order valence-corrected chi connectivity index (χ1v) is 11.6. The number of hydrogen-bond acceptors (Lipinski definition) is 6. The molecule has 0 radical (unpaired) electrons. The van der Waals surface area contributed by atoms with Crippen molar-refractivity contribution in [3.63, 3.8) is 0 Å². The van der Waals surface area contributed by atoms with Crippen LogP contribution in [0.25, 0.3) is 10.9 Å². The van der Waals surface area contributed by atoms with Gasteiger partial charge in [-0.3, -0.25) is 9.69 Å². The number of carbonyl (C=O) groups excluding carboxylic acids is 3. The third kappa shape index (κ3) is 5.74. The highest BCUT2D eigenvalue weighted by Gasteiger charge is 2.30. The molecule has 1 saturated heterocycles. The van der Waals surface area contributed by atoms with Gasteiger partial charge in [-0.1, -0.05) is 41.9 Å². The third-order valence-electron chi connectivity index (χ3n) is 5.47. The van der Waals surface area contributed by atoms with Crippen LogP contribution in [0.3, 0.4) is 0 Å². The van der Waals surface area contributed by atoms with Gasteiger partial charge in [0.05, 0.1) is 12.1 Å². The van der Waals surface area contributed by atoms with E-state index in [0.717, 1.165) is 5.56 Å². The molecule has 0 bridgehead atoms. The molecule has 1 aliphatic rings. The fraction of sp³-hybridized carbons (Fsp3) is 0.360. The normalized spacial score (nSPS) is 14.3. The lowest BCUT2D eigenvalue weighted by molar-refractivity contribution is -0.136. The molecule has 0 saturated carbocycles. The Kier molecular flexibility index (Phi) is 6.98. The van der Waals surface area contributed by atoms with E-state index in [9.17, 15) is 14.4 Å². The molecule has 0 aliphatic carbocycles. The Hall–Kier alpha value is -3.59. The molecule has 0 N–H and O–H groups in total. The van der Waals surface area contributed by atoms with Gasteiger partial charge in [0.25, 0.3) is 0 Å². The second kappa shape index (κ2) is 9.95. The van der Waals surface area contributed by atoms with Crippen molar-refractivity contribution >= 4 is 40.6 Å². The number of halogens is 1. The fourth-order valence-electron chi connectivity index (χ4n) is 3.83. The van der Waals surface area contributed by atoms with Crippen molar-refractivity contribution in [2.75, 3.05) is 19.6 Å². The second-order valence-corrected chi connectivity index (χ2v) is 9.62. The minimum Gasteiger partial charge on any atom is -0.445 e. The van der Waals surface area contributed by atoms with Crippen LogP contribution in [-0.2, 0) is 27.4 Å². The summed E-state index contributed by atoms with van der Waals surface area (Å²) >= 11 is 6.26. The first-order valence-electron chi connectivity index (χ1n) is 11.2. The van der Waals surface area contributed by atoms with Crippen LogP contribution in [0, 0.1) is 0 Å². The van der Waals surface area contributed by atoms with Gasteiger partial charge < -0.3 is 14.4 Å². The second-order valence-electron chi connectivity index (χ2n) is 9.26. The fourth-order valence-corrected chi connectivity index (χ4v) is 4.04. The maximum Gasteiger partial charge on any atom is 0.419 e. The van der Waals surface area contributed by atoms with Crippen LogP contribution in [0.15, 0.2) is 48.7 Å². The van der Waals surface area contributed by atoms with Gasteiger partial charge in [0, 0.05) is 30.4 Å². The molecule has 9 nitrogen and oxygen atoms in total. The summed E-state index contributed by atoms with van der Waals surface area (Å²) in [7, 11) is 0. The minimum atomic E-state index is -0.705. The Morgan fingerprint density at radius 1 is 1.09 bits per heavy atom. The molecule has 0 atom stereocenters. The van der Waals surface area contributed by atoms with Crippen LogP contribution in [0.5, 0.6) is 0 Å². The van der Waals surface area contributed by atoms with Crippen LogP contribution in [-0.4, -0.2) is 62.7 Å².